The number of anilines is 2. The predicted molar refractivity (Wildman–Crippen MR) is 80.6 cm³/mol. The molecule has 0 bridgehead atoms. The Hall–Kier alpha value is -1.99. The minimum Gasteiger partial charge on any atom is -0.340 e. The highest BCUT2D eigenvalue weighted by atomic mass is 32.2. The lowest BCUT2D eigenvalue weighted by Gasteiger charge is -2.11. The molecule has 0 aliphatic rings. The number of benzene rings is 1. The fraction of sp³-hybridized carbons (Fsp3) is 0.200. The molecule has 0 fully saturated rings. The van der Waals surface area contributed by atoms with Crippen molar-refractivity contribution in [1.82, 2.24) is 4.98 Å². The summed E-state index contributed by atoms with van der Waals surface area (Å²) in [5, 5.41) is 12.5. The van der Waals surface area contributed by atoms with Crippen molar-refractivity contribution in [2.24, 2.45) is 0 Å². The van der Waals surface area contributed by atoms with Gasteiger partial charge in [-0.05, 0) is 43.0 Å². The number of rotatable bonds is 4. The molecule has 19 heavy (non-hydrogen) atoms. The average Bonchev–Trinajstić information content (AvgIpc) is 2.47. The van der Waals surface area contributed by atoms with Gasteiger partial charge in [0.05, 0.1) is 0 Å². The fourth-order valence-corrected chi connectivity index (χ4v) is 2.14. The molecule has 1 aromatic heterocycles. The third kappa shape index (κ3) is 3.49. The minimum absolute atomic E-state index is 0.415. The summed E-state index contributed by atoms with van der Waals surface area (Å²) in [6.07, 6.45) is 2.10. The van der Waals surface area contributed by atoms with Gasteiger partial charge in [0.2, 0.25) is 0 Å². The van der Waals surface area contributed by atoms with Crippen LogP contribution in [0.5, 0.6) is 0 Å². The zero-order valence-corrected chi connectivity index (χ0v) is 11.7. The molecular weight excluding hydrogens is 254 g/mol. The molecule has 2 aromatic rings. The first-order chi connectivity index (χ1) is 9.22. The molecule has 1 heterocycles. The van der Waals surface area contributed by atoms with E-state index < -0.39 is 0 Å². The lowest BCUT2D eigenvalue weighted by Crippen LogP contribution is -1.96. The van der Waals surface area contributed by atoms with E-state index in [1.807, 2.05) is 42.1 Å². The molecule has 3 nitrogen and oxygen atoms in total. The number of nitriles is 1. The van der Waals surface area contributed by atoms with E-state index >= 15 is 0 Å². The number of nitrogens with one attached hydrogen (secondary N) is 1. The second-order valence-electron chi connectivity index (χ2n) is 4.15. The normalized spacial score (nSPS) is 11.6. The summed E-state index contributed by atoms with van der Waals surface area (Å²) in [6, 6.07) is 15.7. The Labute approximate surface area is 117 Å². The maximum absolute atomic E-state index is 8.83. The minimum atomic E-state index is 0.415. The van der Waals surface area contributed by atoms with E-state index in [-0.39, 0.29) is 0 Å². The zero-order valence-electron chi connectivity index (χ0n) is 10.9. The van der Waals surface area contributed by atoms with Gasteiger partial charge in [0.1, 0.15) is 17.6 Å². The van der Waals surface area contributed by atoms with Gasteiger partial charge in [-0.2, -0.15) is 17.0 Å². The summed E-state index contributed by atoms with van der Waals surface area (Å²) in [7, 11) is 0. The van der Waals surface area contributed by atoms with E-state index in [1.165, 1.54) is 5.56 Å². The van der Waals surface area contributed by atoms with Crippen LogP contribution in [0.15, 0.2) is 42.5 Å². The molecule has 1 unspecified atom stereocenters. The van der Waals surface area contributed by atoms with Crippen molar-refractivity contribution in [3.05, 3.63) is 53.7 Å². The smallest absolute Gasteiger partial charge is 0.142 e. The van der Waals surface area contributed by atoms with Gasteiger partial charge in [0.25, 0.3) is 0 Å². The van der Waals surface area contributed by atoms with Gasteiger partial charge in [-0.1, -0.05) is 18.2 Å². The Morgan fingerprint density at radius 2 is 2.05 bits per heavy atom. The van der Waals surface area contributed by atoms with Crippen LogP contribution < -0.4 is 5.32 Å². The van der Waals surface area contributed by atoms with E-state index in [4.69, 9.17) is 5.26 Å². The van der Waals surface area contributed by atoms with E-state index in [1.54, 1.807) is 6.07 Å². The van der Waals surface area contributed by atoms with Gasteiger partial charge in [-0.25, -0.2) is 4.98 Å². The van der Waals surface area contributed by atoms with E-state index in [0.717, 1.165) is 5.69 Å². The van der Waals surface area contributed by atoms with E-state index in [0.29, 0.717) is 16.8 Å². The van der Waals surface area contributed by atoms with Crippen molar-refractivity contribution >= 4 is 23.3 Å². The van der Waals surface area contributed by atoms with Crippen molar-refractivity contribution in [1.29, 1.82) is 5.26 Å². The first-order valence-electron chi connectivity index (χ1n) is 6.00. The Kier molecular flexibility index (Phi) is 4.43. The van der Waals surface area contributed by atoms with Gasteiger partial charge in [0, 0.05) is 10.9 Å². The van der Waals surface area contributed by atoms with Gasteiger partial charge in [-0.3, -0.25) is 0 Å². The quantitative estimate of drug-likeness (QED) is 0.907. The van der Waals surface area contributed by atoms with Crippen LogP contribution in [-0.2, 0) is 0 Å². The lowest BCUT2D eigenvalue weighted by molar-refractivity contribution is 1.10. The van der Waals surface area contributed by atoms with E-state index in [9.17, 15) is 0 Å². The maximum Gasteiger partial charge on any atom is 0.142 e. The number of hydrogen-bond donors (Lipinski definition) is 1. The van der Waals surface area contributed by atoms with Crippen molar-refractivity contribution in [3.63, 3.8) is 0 Å². The number of hydrogen-bond acceptors (Lipinski definition) is 4. The molecular formula is C15H15N3S. The molecule has 96 valence electrons. The lowest BCUT2D eigenvalue weighted by atomic mass is 10.1. The largest absolute Gasteiger partial charge is 0.340 e. The summed E-state index contributed by atoms with van der Waals surface area (Å²) >= 11 is 1.81. The van der Waals surface area contributed by atoms with Crippen LogP contribution in [-0.4, -0.2) is 11.2 Å². The van der Waals surface area contributed by atoms with Crippen molar-refractivity contribution < 1.29 is 0 Å². The third-order valence-corrected chi connectivity index (χ3v) is 3.82. The molecule has 1 aromatic carbocycles. The zero-order chi connectivity index (χ0) is 13.7. The molecule has 4 heteroatoms. The highest BCUT2D eigenvalue weighted by Gasteiger charge is 2.04. The van der Waals surface area contributed by atoms with Crippen LogP contribution in [0, 0.1) is 11.3 Å². The molecule has 0 spiro atoms. The molecule has 1 atom stereocenters. The molecule has 0 saturated carbocycles. The van der Waals surface area contributed by atoms with Crippen molar-refractivity contribution in [2.45, 2.75) is 12.2 Å². The second-order valence-corrected chi connectivity index (χ2v) is 5.33. The monoisotopic (exact) mass is 269 g/mol. The van der Waals surface area contributed by atoms with Crippen LogP contribution in [0.1, 0.15) is 23.4 Å². The standard InChI is InChI=1S/C15H15N3S/c1-11(19-2)12-5-3-6-13(9-12)17-15-8-4-7-14(10-16)18-15/h3-9,11H,1-2H3,(H,17,18). The topological polar surface area (TPSA) is 48.7 Å². The molecule has 0 aliphatic heterocycles. The Balaban J connectivity index is 2.21. The summed E-state index contributed by atoms with van der Waals surface area (Å²) in [5.74, 6) is 0.688. The van der Waals surface area contributed by atoms with Gasteiger partial charge >= 0.3 is 0 Å². The van der Waals surface area contributed by atoms with Crippen molar-refractivity contribution in [3.8, 4) is 6.07 Å². The number of pyridine rings is 1. The summed E-state index contributed by atoms with van der Waals surface area (Å²) in [6.45, 7) is 2.18. The summed E-state index contributed by atoms with van der Waals surface area (Å²) in [4.78, 5) is 4.20. The van der Waals surface area contributed by atoms with Gasteiger partial charge < -0.3 is 5.32 Å². The number of thioether (sulfide) groups is 1. The Morgan fingerprint density at radius 1 is 1.26 bits per heavy atom. The highest BCUT2D eigenvalue weighted by molar-refractivity contribution is 7.98. The molecule has 0 radical (unpaired) electrons. The molecule has 1 N–H and O–H groups in total. The molecule has 2 rings (SSSR count). The van der Waals surface area contributed by atoms with Crippen LogP contribution in [0.4, 0.5) is 11.5 Å². The average molecular weight is 269 g/mol. The predicted octanol–water partition coefficient (Wildman–Crippen LogP) is 4.12. The molecule has 0 aliphatic carbocycles. The molecule has 0 saturated heterocycles. The first kappa shape index (κ1) is 13.4. The Bertz CT molecular complexity index is 604. The van der Waals surface area contributed by atoms with Crippen LogP contribution in [0.3, 0.4) is 0 Å². The number of aromatic nitrogens is 1. The second kappa shape index (κ2) is 6.26. The van der Waals surface area contributed by atoms with Crippen LogP contribution in [0.25, 0.3) is 0 Å². The number of nitrogens with zero attached hydrogens (tertiary/aromatic N) is 2. The first-order valence-corrected chi connectivity index (χ1v) is 7.28. The Morgan fingerprint density at radius 3 is 2.79 bits per heavy atom. The SMILES string of the molecule is CSC(C)c1cccc(Nc2cccc(C#N)n2)c1. The van der Waals surface area contributed by atoms with E-state index in [2.05, 4.69) is 35.6 Å². The summed E-state index contributed by atoms with van der Waals surface area (Å²) in [5.41, 5.74) is 2.67. The van der Waals surface area contributed by atoms with Crippen LogP contribution >= 0.6 is 11.8 Å². The van der Waals surface area contributed by atoms with Gasteiger partial charge in [-0.15, -0.1) is 0 Å². The van der Waals surface area contributed by atoms with Gasteiger partial charge in [0.15, 0.2) is 0 Å². The summed E-state index contributed by atoms with van der Waals surface area (Å²) < 4.78 is 0. The maximum atomic E-state index is 8.83. The fourth-order valence-electron chi connectivity index (χ4n) is 1.72. The molecule has 0 amide bonds. The third-order valence-electron chi connectivity index (χ3n) is 2.85. The van der Waals surface area contributed by atoms with Crippen LogP contribution in [0.2, 0.25) is 0 Å². The van der Waals surface area contributed by atoms with Crippen molar-refractivity contribution in [2.75, 3.05) is 11.6 Å². The highest BCUT2D eigenvalue weighted by Crippen LogP contribution is 2.28.